The van der Waals surface area contributed by atoms with E-state index in [1.807, 2.05) is 13.0 Å². The van der Waals surface area contributed by atoms with Gasteiger partial charge in [-0.25, -0.2) is 0 Å². The van der Waals surface area contributed by atoms with Crippen molar-refractivity contribution >= 4 is 31.8 Å². The minimum Gasteiger partial charge on any atom is -0.466 e. The van der Waals surface area contributed by atoms with Crippen LogP contribution in [0.15, 0.2) is 11.0 Å². The zero-order valence-corrected chi connectivity index (χ0v) is 19.2. The summed E-state index contributed by atoms with van der Waals surface area (Å²) in [6.07, 6.45) is 7.05. The number of thioether (sulfide) groups is 1. The topological polar surface area (TPSA) is 52.6 Å². The third-order valence-electron chi connectivity index (χ3n) is 5.09. The van der Waals surface area contributed by atoms with Crippen molar-refractivity contribution in [3.8, 4) is 0 Å². The number of rotatable bonds is 11. The van der Waals surface area contributed by atoms with Crippen molar-refractivity contribution in [3.05, 3.63) is 11.0 Å². The first-order valence-corrected chi connectivity index (χ1v) is 13.7. The van der Waals surface area contributed by atoms with E-state index in [1.165, 1.54) is 0 Å². The van der Waals surface area contributed by atoms with Crippen LogP contribution < -0.4 is 0 Å². The normalized spacial score (nSPS) is 18.2. The van der Waals surface area contributed by atoms with Gasteiger partial charge in [0.05, 0.1) is 12.7 Å². The lowest BCUT2D eigenvalue weighted by Gasteiger charge is -2.37. The van der Waals surface area contributed by atoms with Crippen molar-refractivity contribution in [2.75, 3.05) is 12.4 Å². The van der Waals surface area contributed by atoms with Gasteiger partial charge in [0.25, 0.3) is 0 Å². The molecule has 0 N–H and O–H groups in total. The molecule has 0 amide bonds. The van der Waals surface area contributed by atoms with Crippen molar-refractivity contribution in [1.29, 1.82) is 0 Å². The van der Waals surface area contributed by atoms with E-state index in [1.54, 1.807) is 11.8 Å². The van der Waals surface area contributed by atoms with Crippen LogP contribution in [0.4, 0.5) is 0 Å². The van der Waals surface area contributed by atoms with E-state index in [4.69, 9.17) is 9.16 Å². The predicted molar refractivity (Wildman–Crippen MR) is 112 cm³/mol. The second-order valence-corrected chi connectivity index (χ2v) is 14.3. The lowest BCUT2D eigenvalue weighted by atomic mass is 10.1. The minimum absolute atomic E-state index is 0.0459. The first-order valence-electron chi connectivity index (χ1n) is 9.78. The molecular formula is C20H36O4SSi. The summed E-state index contributed by atoms with van der Waals surface area (Å²) < 4.78 is 11.3. The van der Waals surface area contributed by atoms with E-state index >= 15 is 0 Å². The van der Waals surface area contributed by atoms with Gasteiger partial charge >= 0.3 is 5.97 Å². The molecule has 1 unspecified atom stereocenters. The highest BCUT2D eigenvalue weighted by atomic mass is 32.2. The maximum Gasteiger partial charge on any atom is 0.305 e. The summed E-state index contributed by atoms with van der Waals surface area (Å²) in [6.45, 7) is 13.4. The fourth-order valence-electron chi connectivity index (χ4n) is 2.50. The van der Waals surface area contributed by atoms with Gasteiger partial charge < -0.3 is 9.16 Å². The van der Waals surface area contributed by atoms with Gasteiger partial charge in [-0.2, -0.15) is 0 Å². The number of hydrogen-bond donors (Lipinski definition) is 0. The number of ketones is 1. The molecule has 6 heteroatoms. The molecular weight excluding hydrogens is 364 g/mol. The highest BCUT2D eigenvalue weighted by Crippen LogP contribution is 2.39. The second-order valence-electron chi connectivity index (χ2n) is 8.39. The SMILES string of the molecule is CCOC(=O)CCCCCCSC1=CC(O[Si](C)(C)C(C)(C)C)CC1=O. The van der Waals surface area contributed by atoms with Crippen LogP contribution in [-0.2, 0) is 18.8 Å². The molecule has 0 bridgehead atoms. The fraction of sp³-hybridized carbons (Fsp3) is 0.800. The average molecular weight is 401 g/mol. The quantitative estimate of drug-likeness (QED) is 0.261. The van der Waals surface area contributed by atoms with Crippen LogP contribution in [0.3, 0.4) is 0 Å². The predicted octanol–water partition coefficient (Wildman–Crippen LogP) is 5.48. The molecule has 0 aromatic heterocycles. The maximum absolute atomic E-state index is 12.2. The molecule has 0 aromatic rings. The molecule has 0 heterocycles. The Balaban J connectivity index is 2.26. The van der Waals surface area contributed by atoms with Gasteiger partial charge in [-0.1, -0.05) is 33.6 Å². The number of esters is 1. The number of carbonyl (C=O) groups is 2. The van der Waals surface area contributed by atoms with Crippen LogP contribution in [0, 0.1) is 0 Å². The monoisotopic (exact) mass is 400 g/mol. The molecule has 0 saturated carbocycles. The van der Waals surface area contributed by atoms with Gasteiger partial charge in [0, 0.05) is 17.7 Å². The lowest BCUT2D eigenvalue weighted by Crippen LogP contribution is -2.43. The zero-order chi connectivity index (χ0) is 19.8. The highest BCUT2D eigenvalue weighted by Gasteiger charge is 2.40. The van der Waals surface area contributed by atoms with E-state index < -0.39 is 8.32 Å². The molecule has 0 radical (unpaired) electrons. The molecule has 0 spiro atoms. The number of hydrogen-bond acceptors (Lipinski definition) is 5. The number of Topliss-reactive ketones (excluding diaryl/α,β-unsaturated/α-hetero) is 1. The van der Waals surface area contributed by atoms with Crippen molar-refractivity contribution in [2.24, 2.45) is 0 Å². The molecule has 1 aliphatic rings. The summed E-state index contributed by atoms with van der Waals surface area (Å²) in [4.78, 5) is 24.3. The summed E-state index contributed by atoms with van der Waals surface area (Å²) in [5, 5.41) is 0.156. The van der Waals surface area contributed by atoms with E-state index in [0.717, 1.165) is 36.3 Å². The van der Waals surface area contributed by atoms with Gasteiger partial charge in [0.1, 0.15) is 0 Å². The number of carbonyl (C=O) groups excluding carboxylic acids is 2. The van der Waals surface area contributed by atoms with E-state index in [2.05, 4.69) is 33.9 Å². The van der Waals surface area contributed by atoms with Crippen LogP contribution in [0.1, 0.15) is 66.2 Å². The molecule has 0 aliphatic heterocycles. The molecule has 26 heavy (non-hydrogen) atoms. The van der Waals surface area contributed by atoms with Crippen molar-refractivity contribution in [1.82, 2.24) is 0 Å². The van der Waals surface area contributed by atoms with Crippen molar-refractivity contribution < 1.29 is 18.8 Å². The van der Waals surface area contributed by atoms with Crippen LogP contribution in [0.25, 0.3) is 0 Å². The second kappa shape index (κ2) is 10.7. The Morgan fingerprint density at radius 2 is 1.88 bits per heavy atom. The molecule has 0 fully saturated rings. The average Bonchev–Trinajstić information content (AvgIpc) is 2.84. The van der Waals surface area contributed by atoms with E-state index in [0.29, 0.717) is 19.4 Å². The fourth-order valence-corrected chi connectivity index (χ4v) is 4.83. The highest BCUT2D eigenvalue weighted by molar-refractivity contribution is 8.04. The summed E-state index contributed by atoms with van der Waals surface area (Å²) >= 11 is 1.66. The lowest BCUT2D eigenvalue weighted by molar-refractivity contribution is -0.143. The summed E-state index contributed by atoms with van der Waals surface area (Å²) in [5.74, 6) is 1.07. The van der Waals surface area contributed by atoms with Crippen LogP contribution in [0.5, 0.6) is 0 Å². The Kier molecular flexibility index (Phi) is 9.62. The number of unbranched alkanes of at least 4 members (excludes halogenated alkanes) is 3. The molecule has 1 rings (SSSR count). The minimum atomic E-state index is -1.84. The summed E-state index contributed by atoms with van der Waals surface area (Å²) in [6, 6.07) is 0. The molecule has 0 aromatic carbocycles. The Morgan fingerprint density at radius 1 is 1.23 bits per heavy atom. The van der Waals surface area contributed by atoms with Gasteiger partial charge in [0.2, 0.25) is 0 Å². The Labute approximate surface area is 164 Å². The van der Waals surface area contributed by atoms with Crippen LogP contribution >= 0.6 is 11.8 Å². The Hall–Kier alpha value is -0.593. The van der Waals surface area contributed by atoms with Gasteiger partial charge in [-0.3, -0.25) is 9.59 Å². The standard InChI is InChI=1S/C20H36O4SSi/c1-7-23-19(22)12-10-8-9-11-13-25-18-15-16(14-17(18)21)24-26(5,6)20(2,3)4/h15-16H,7-14H2,1-6H3. The number of ether oxygens (including phenoxy) is 1. The maximum atomic E-state index is 12.2. The van der Waals surface area contributed by atoms with Gasteiger partial charge in [-0.15, -0.1) is 11.8 Å². The third-order valence-corrected chi connectivity index (χ3v) is 10.8. The molecule has 4 nitrogen and oxygen atoms in total. The Bertz CT molecular complexity index is 508. The Morgan fingerprint density at radius 3 is 2.50 bits per heavy atom. The van der Waals surface area contributed by atoms with E-state index in [-0.39, 0.29) is 22.9 Å². The third kappa shape index (κ3) is 7.97. The smallest absolute Gasteiger partial charge is 0.305 e. The molecule has 1 atom stereocenters. The van der Waals surface area contributed by atoms with Crippen molar-refractivity contribution in [3.63, 3.8) is 0 Å². The molecule has 0 saturated heterocycles. The van der Waals surface area contributed by atoms with Gasteiger partial charge in [0.15, 0.2) is 14.1 Å². The molecule has 150 valence electrons. The largest absolute Gasteiger partial charge is 0.466 e. The van der Waals surface area contributed by atoms with Gasteiger partial charge in [-0.05, 0) is 49.7 Å². The summed E-state index contributed by atoms with van der Waals surface area (Å²) in [7, 11) is -1.84. The zero-order valence-electron chi connectivity index (χ0n) is 17.4. The first kappa shape index (κ1) is 23.4. The summed E-state index contributed by atoms with van der Waals surface area (Å²) in [5.41, 5.74) is 0. The molecule has 1 aliphatic carbocycles. The first-order chi connectivity index (χ1) is 12.1. The van der Waals surface area contributed by atoms with Crippen LogP contribution in [0.2, 0.25) is 18.1 Å². The number of allylic oxidation sites excluding steroid dienone is 1. The van der Waals surface area contributed by atoms with Crippen molar-refractivity contribution in [2.45, 2.75) is 90.5 Å². The van der Waals surface area contributed by atoms with E-state index in [9.17, 15) is 9.59 Å². The van der Waals surface area contributed by atoms with Crippen LogP contribution in [-0.4, -0.2) is 38.5 Å².